The van der Waals surface area contributed by atoms with Crippen molar-refractivity contribution >= 4 is 23.0 Å². The number of fused-ring (bicyclic) bond motifs is 1. The summed E-state index contributed by atoms with van der Waals surface area (Å²) in [7, 11) is 0. The molecule has 21 heavy (non-hydrogen) atoms. The molecule has 3 rings (SSSR count). The van der Waals surface area contributed by atoms with Crippen LogP contribution in [0.2, 0.25) is 0 Å². The van der Waals surface area contributed by atoms with Gasteiger partial charge in [-0.15, -0.1) is 11.3 Å². The molecule has 1 atom stereocenters. The fourth-order valence-electron chi connectivity index (χ4n) is 2.78. The molecule has 1 aromatic carbocycles. The summed E-state index contributed by atoms with van der Waals surface area (Å²) in [6.07, 6.45) is 2.98. The van der Waals surface area contributed by atoms with Gasteiger partial charge < -0.3 is 5.32 Å². The summed E-state index contributed by atoms with van der Waals surface area (Å²) in [6.45, 7) is 0.0683. The maximum atomic E-state index is 12.3. The number of nitrogens with one attached hydrogen (secondary N) is 1. The molecule has 1 amide bonds. The van der Waals surface area contributed by atoms with Crippen LogP contribution >= 0.6 is 11.3 Å². The minimum absolute atomic E-state index is 0.0290. The second-order valence-electron chi connectivity index (χ2n) is 5.25. The van der Waals surface area contributed by atoms with Gasteiger partial charge in [0.25, 0.3) is 0 Å². The third-order valence-corrected chi connectivity index (χ3v) is 4.88. The van der Waals surface area contributed by atoms with Gasteiger partial charge >= 0.3 is 0 Å². The average Bonchev–Trinajstić information content (AvgIpc) is 3.01. The summed E-state index contributed by atoms with van der Waals surface area (Å²) < 4.78 is 0. The van der Waals surface area contributed by atoms with Crippen molar-refractivity contribution in [1.29, 1.82) is 0 Å². The molecule has 1 aliphatic carbocycles. The summed E-state index contributed by atoms with van der Waals surface area (Å²) >= 11 is 1.72. The van der Waals surface area contributed by atoms with Gasteiger partial charge in [0.05, 0.1) is 12.5 Å². The van der Waals surface area contributed by atoms with Crippen molar-refractivity contribution in [3.05, 3.63) is 57.8 Å². The fourth-order valence-corrected chi connectivity index (χ4v) is 3.76. The molecule has 1 N–H and O–H groups in total. The largest absolute Gasteiger partial charge is 0.348 e. The predicted molar refractivity (Wildman–Crippen MR) is 83.8 cm³/mol. The van der Waals surface area contributed by atoms with Gasteiger partial charge in [0.15, 0.2) is 5.78 Å². The van der Waals surface area contributed by atoms with Gasteiger partial charge in [0.1, 0.15) is 0 Å². The lowest BCUT2D eigenvalue weighted by molar-refractivity contribution is -0.122. The Morgan fingerprint density at radius 1 is 1.19 bits per heavy atom. The van der Waals surface area contributed by atoms with Crippen LogP contribution in [0.25, 0.3) is 0 Å². The number of hydrogen-bond acceptors (Lipinski definition) is 3. The molecule has 1 unspecified atom stereocenters. The van der Waals surface area contributed by atoms with Crippen LogP contribution in [-0.2, 0) is 11.2 Å². The highest BCUT2D eigenvalue weighted by molar-refractivity contribution is 7.10. The highest BCUT2D eigenvalue weighted by Crippen LogP contribution is 2.34. The van der Waals surface area contributed by atoms with Crippen molar-refractivity contribution in [3.63, 3.8) is 0 Å². The maximum Gasteiger partial charge on any atom is 0.227 e. The first-order valence-corrected chi connectivity index (χ1v) is 8.06. The van der Waals surface area contributed by atoms with Gasteiger partial charge in [-0.3, -0.25) is 9.59 Å². The Hall–Kier alpha value is -1.94. The van der Waals surface area contributed by atoms with Gasteiger partial charge in [0, 0.05) is 10.4 Å². The Kier molecular flexibility index (Phi) is 4.15. The van der Waals surface area contributed by atoms with Crippen molar-refractivity contribution in [1.82, 2.24) is 5.32 Å². The lowest BCUT2D eigenvalue weighted by Gasteiger charge is -2.21. The molecule has 0 aliphatic heterocycles. The Balaban J connectivity index is 1.62. The third kappa shape index (κ3) is 3.05. The van der Waals surface area contributed by atoms with E-state index in [9.17, 15) is 9.59 Å². The van der Waals surface area contributed by atoms with Crippen LogP contribution in [0.1, 0.15) is 39.6 Å². The summed E-state index contributed by atoms with van der Waals surface area (Å²) in [5.41, 5.74) is 1.79. The van der Waals surface area contributed by atoms with E-state index < -0.39 is 0 Å². The number of benzene rings is 1. The van der Waals surface area contributed by atoms with E-state index in [-0.39, 0.29) is 24.2 Å². The van der Waals surface area contributed by atoms with Crippen molar-refractivity contribution in [2.75, 3.05) is 6.54 Å². The predicted octanol–water partition coefficient (Wildman–Crippen LogP) is 3.17. The zero-order valence-corrected chi connectivity index (χ0v) is 12.5. The molecule has 0 spiro atoms. The van der Waals surface area contributed by atoms with Crippen LogP contribution < -0.4 is 5.32 Å². The van der Waals surface area contributed by atoms with Crippen molar-refractivity contribution in [2.45, 2.75) is 25.2 Å². The van der Waals surface area contributed by atoms with Crippen LogP contribution in [0.4, 0.5) is 0 Å². The third-order valence-electron chi connectivity index (χ3n) is 3.89. The number of aryl methyl sites for hydroxylation is 1. The van der Waals surface area contributed by atoms with Crippen LogP contribution in [0, 0.1) is 0 Å². The van der Waals surface area contributed by atoms with Crippen LogP contribution in [0.15, 0.2) is 41.8 Å². The van der Waals surface area contributed by atoms with E-state index in [0.29, 0.717) is 5.56 Å². The number of rotatable bonds is 4. The average molecular weight is 299 g/mol. The topological polar surface area (TPSA) is 46.2 Å². The SMILES string of the molecule is O=C(CNC(=O)C1CCCc2sccc21)c1ccccc1. The number of carbonyl (C=O) groups excluding carboxylic acids is 2. The molecule has 0 bridgehead atoms. The minimum atomic E-state index is -0.0939. The Morgan fingerprint density at radius 3 is 2.81 bits per heavy atom. The number of amides is 1. The molecule has 0 saturated carbocycles. The summed E-state index contributed by atoms with van der Waals surface area (Å²) in [5, 5.41) is 4.84. The number of carbonyl (C=O) groups is 2. The molecule has 0 radical (unpaired) electrons. The van der Waals surface area contributed by atoms with Crippen LogP contribution in [-0.4, -0.2) is 18.2 Å². The van der Waals surface area contributed by atoms with Gasteiger partial charge in [-0.05, 0) is 36.3 Å². The first-order valence-electron chi connectivity index (χ1n) is 7.18. The zero-order valence-electron chi connectivity index (χ0n) is 11.7. The normalized spacial score (nSPS) is 17.0. The maximum absolute atomic E-state index is 12.3. The lowest BCUT2D eigenvalue weighted by Crippen LogP contribution is -2.34. The Bertz CT molecular complexity index is 648. The number of hydrogen-bond donors (Lipinski definition) is 1. The summed E-state index contributed by atoms with van der Waals surface area (Å²) in [5.74, 6) is -0.174. The van der Waals surface area contributed by atoms with E-state index in [4.69, 9.17) is 0 Å². The molecule has 1 heterocycles. The van der Waals surface area contributed by atoms with E-state index in [1.807, 2.05) is 29.6 Å². The second kappa shape index (κ2) is 6.22. The fraction of sp³-hybridized carbons (Fsp3) is 0.294. The number of ketones is 1. The molecule has 0 saturated heterocycles. The highest BCUT2D eigenvalue weighted by Gasteiger charge is 2.27. The summed E-state index contributed by atoms with van der Waals surface area (Å²) in [4.78, 5) is 25.7. The van der Waals surface area contributed by atoms with Gasteiger partial charge in [-0.1, -0.05) is 30.3 Å². The van der Waals surface area contributed by atoms with Gasteiger partial charge in [0.2, 0.25) is 5.91 Å². The smallest absolute Gasteiger partial charge is 0.227 e. The van der Waals surface area contributed by atoms with E-state index in [1.165, 1.54) is 4.88 Å². The molecule has 4 heteroatoms. The van der Waals surface area contributed by atoms with E-state index in [1.54, 1.807) is 23.5 Å². The first-order chi connectivity index (χ1) is 10.3. The highest BCUT2D eigenvalue weighted by atomic mass is 32.1. The van der Waals surface area contributed by atoms with Crippen molar-refractivity contribution in [3.8, 4) is 0 Å². The van der Waals surface area contributed by atoms with E-state index in [0.717, 1.165) is 24.8 Å². The number of Topliss-reactive ketones (excluding diaryl/α,β-unsaturated/α-hetero) is 1. The monoisotopic (exact) mass is 299 g/mol. The van der Waals surface area contributed by atoms with Gasteiger partial charge in [-0.25, -0.2) is 0 Å². The minimum Gasteiger partial charge on any atom is -0.348 e. The number of thiophene rings is 1. The molecule has 0 fully saturated rings. The molecule has 3 nitrogen and oxygen atoms in total. The zero-order chi connectivity index (χ0) is 14.7. The second-order valence-corrected chi connectivity index (χ2v) is 6.25. The summed E-state index contributed by atoms with van der Waals surface area (Å²) in [6, 6.07) is 11.1. The van der Waals surface area contributed by atoms with Crippen molar-refractivity contribution in [2.24, 2.45) is 0 Å². The Morgan fingerprint density at radius 2 is 2.00 bits per heavy atom. The molecule has 1 aromatic heterocycles. The molecular formula is C17H17NO2S. The molecule has 108 valence electrons. The molecule has 2 aromatic rings. The quantitative estimate of drug-likeness (QED) is 0.881. The standard InChI is InChI=1S/C17H17NO2S/c19-15(12-5-2-1-3-6-12)11-18-17(20)14-7-4-8-16-13(14)9-10-21-16/h1-3,5-6,9-10,14H,4,7-8,11H2,(H,18,20). The van der Waals surface area contributed by atoms with Crippen LogP contribution in [0.3, 0.4) is 0 Å². The van der Waals surface area contributed by atoms with Gasteiger partial charge in [-0.2, -0.15) is 0 Å². The molecule has 1 aliphatic rings. The van der Waals surface area contributed by atoms with Crippen LogP contribution in [0.5, 0.6) is 0 Å². The first kappa shape index (κ1) is 14.0. The Labute approximate surface area is 128 Å². The lowest BCUT2D eigenvalue weighted by atomic mass is 9.87. The molecular weight excluding hydrogens is 282 g/mol. The van der Waals surface area contributed by atoms with E-state index >= 15 is 0 Å². The van der Waals surface area contributed by atoms with E-state index in [2.05, 4.69) is 5.32 Å². The van der Waals surface area contributed by atoms with Crippen molar-refractivity contribution < 1.29 is 9.59 Å².